The van der Waals surface area contributed by atoms with Gasteiger partial charge in [-0.05, 0) is 48.4 Å². The average Bonchev–Trinajstić information content (AvgIpc) is 3.14. The molecule has 1 aromatic heterocycles. The van der Waals surface area contributed by atoms with Gasteiger partial charge >= 0.3 is 12.3 Å². The van der Waals surface area contributed by atoms with Crippen LogP contribution < -0.4 is 4.74 Å². The lowest BCUT2D eigenvalue weighted by Gasteiger charge is -2.09. The van der Waals surface area contributed by atoms with Gasteiger partial charge in [0.05, 0.1) is 18.4 Å². The standard InChI is InChI=1S/C19H15ClF3N3O3/c1-28-18(27)13-3-2-12(16(20)10-13)4-9-17-24-11-26(25-17)14-5-7-15(8-6-14)29-19(21,22)23/h2-3,5-8,10-11H,4,9H2,1H3. The van der Waals surface area contributed by atoms with Gasteiger partial charge in [-0.25, -0.2) is 14.5 Å². The van der Waals surface area contributed by atoms with Crippen molar-refractivity contribution in [3.8, 4) is 11.4 Å². The van der Waals surface area contributed by atoms with Crippen LogP contribution in [0.25, 0.3) is 5.69 Å². The van der Waals surface area contributed by atoms with Crippen molar-refractivity contribution in [1.29, 1.82) is 0 Å². The van der Waals surface area contributed by atoms with Gasteiger partial charge < -0.3 is 9.47 Å². The van der Waals surface area contributed by atoms with Gasteiger partial charge in [0.25, 0.3) is 0 Å². The number of halogens is 4. The van der Waals surface area contributed by atoms with Crippen LogP contribution in [-0.2, 0) is 17.6 Å². The number of aryl methyl sites for hydroxylation is 2. The monoisotopic (exact) mass is 425 g/mol. The first-order chi connectivity index (χ1) is 13.7. The van der Waals surface area contributed by atoms with Crippen molar-refractivity contribution in [2.75, 3.05) is 7.11 Å². The predicted molar refractivity (Wildman–Crippen MR) is 98.2 cm³/mol. The third-order valence-electron chi connectivity index (χ3n) is 3.97. The lowest BCUT2D eigenvalue weighted by molar-refractivity contribution is -0.274. The second-order valence-corrected chi connectivity index (χ2v) is 6.35. The van der Waals surface area contributed by atoms with Crippen molar-refractivity contribution < 1.29 is 27.4 Å². The van der Waals surface area contributed by atoms with E-state index in [1.165, 1.54) is 42.4 Å². The quantitative estimate of drug-likeness (QED) is 0.548. The van der Waals surface area contributed by atoms with Crippen molar-refractivity contribution in [2.24, 2.45) is 0 Å². The van der Waals surface area contributed by atoms with Gasteiger partial charge in [-0.3, -0.25) is 0 Å². The van der Waals surface area contributed by atoms with Crippen LogP contribution in [0.2, 0.25) is 5.02 Å². The molecule has 0 aliphatic rings. The Balaban J connectivity index is 1.64. The number of nitrogens with zero attached hydrogens (tertiary/aromatic N) is 3. The molecule has 0 saturated heterocycles. The summed E-state index contributed by atoms with van der Waals surface area (Å²) in [7, 11) is 1.29. The maximum Gasteiger partial charge on any atom is 0.573 e. The topological polar surface area (TPSA) is 66.2 Å². The van der Waals surface area contributed by atoms with Crippen LogP contribution in [-0.4, -0.2) is 34.2 Å². The van der Waals surface area contributed by atoms with Crippen molar-refractivity contribution in [2.45, 2.75) is 19.2 Å². The van der Waals surface area contributed by atoms with E-state index in [0.717, 1.165) is 5.56 Å². The minimum absolute atomic E-state index is 0.313. The zero-order valence-corrected chi connectivity index (χ0v) is 15.9. The number of rotatable bonds is 6. The van der Waals surface area contributed by atoms with Crippen molar-refractivity contribution in [3.63, 3.8) is 0 Å². The van der Waals surface area contributed by atoms with E-state index in [-0.39, 0.29) is 5.75 Å². The van der Waals surface area contributed by atoms with Crippen LogP contribution in [0.15, 0.2) is 48.8 Å². The summed E-state index contributed by atoms with van der Waals surface area (Å²) in [4.78, 5) is 15.7. The Morgan fingerprint density at radius 2 is 1.86 bits per heavy atom. The van der Waals surface area contributed by atoms with Crippen molar-refractivity contribution in [1.82, 2.24) is 14.8 Å². The zero-order chi connectivity index (χ0) is 21.0. The molecule has 0 N–H and O–H groups in total. The molecular weight excluding hydrogens is 411 g/mol. The average molecular weight is 426 g/mol. The first-order valence-corrected chi connectivity index (χ1v) is 8.76. The molecule has 0 bridgehead atoms. The lowest BCUT2D eigenvalue weighted by atomic mass is 10.1. The largest absolute Gasteiger partial charge is 0.573 e. The molecule has 0 saturated carbocycles. The number of benzene rings is 2. The minimum Gasteiger partial charge on any atom is -0.465 e. The Bertz CT molecular complexity index is 1000. The highest BCUT2D eigenvalue weighted by molar-refractivity contribution is 6.31. The summed E-state index contributed by atoms with van der Waals surface area (Å²) in [6, 6.07) is 10.2. The smallest absolute Gasteiger partial charge is 0.465 e. The fourth-order valence-corrected chi connectivity index (χ4v) is 2.85. The van der Waals surface area contributed by atoms with Gasteiger partial charge in [0.15, 0.2) is 5.82 Å². The van der Waals surface area contributed by atoms with Crippen LogP contribution in [0.1, 0.15) is 21.7 Å². The van der Waals surface area contributed by atoms with Gasteiger partial charge in [0, 0.05) is 11.4 Å². The van der Waals surface area contributed by atoms with Gasteiger partial charge in [-0.2, -0.15) is 5.10 Å². The summed E-state index contributed by atoms with van der Waals surface area (Å²) < 4.78 is 46.6. The van der Waals surface area contributed by atoms with Crippen LogP contribution >= 0.6 is 11.6 Å². The molecule has 0 radical (unpaired) electrons. The lowest BCUT2D eigenvalue weighted by Crippen LogP contribution is -2.17. The number of aromatic nitrogens is 3. The molecular formula is C19H15ClF3N3O3. The molecule has 0 aliphatic heterocycles. The fraction of sp³-hybridized carbons (Fsp3) is 0.211. The van der Waals surface area contributed by atoms with Crippen molar-refractivity contribution in [3.05, 3.63) is 70.8 Å². The molecule has 10 heteroatoms. The van der Waals surface area contributed by atoms with Crippen molar-refractivity contribution >= 4 is 17.6 Å². The van der Waals surface area contributed by atoms with E-state index in [1.54, 1.807) is 18.2 Å². The molecule has 152 valence electrons. The maximum atomic E-state index is 12.2. The second kappa shape index (κ2) is 8.52. The van der Waals surface area contributed by atoms with E-state index < -0.39 is 12.3 Å². The van der Waals surface area contributed by atoms with Gasteiger partial charge in [-0.1, -0.05) is 17.7 Å². The second-order valence-electron chi connectivity index (χ2n) is 5.94. The molecule has 0 spiro atoms. The van der Waals surface area contributed by atoms with E-state index in [4.69, 9.17) is 11.6 Å². The summed E-state index contributed by atoms with van der Waals surface area (Å²) in [6.45, 7) is 0. The molecule has 0 amide bonds. The summed E-state index contributed by atoms with van der Waals surface area (Å²) in [5.74, 6) is -0.245. The first-order valence-electron chi connectivity index (χ1n) is 8.38. The predicted octanol–water partition coefficient (Wildman–Crippen LogP) is 4.39. The molecule has 29 heavy (non-hydrogen) atoms. The molecule has 2 aromatic carbocycles. The molecule has 1 heterocycles. The minimum atomic E-state index is -4.74. The Kier molecular flexibility index (Phi) is 6.07. The highest BCUT2D eigenvalue weighted by atomic mass is 35.5. The Labute approximate surface area is 168 Å². The SMILES string of the molecule is COC(=O)c1ccc(CCc2ncn(-c3ccc(OC(F)(F)F)cc3)n2)c(Cl)c1. The first kappa shape index (κ1) is 20.7. The number of hydrogen-bond donors (Lipinski definition) is 0. The summed E-state index contributed by atoms with van der Waals surface area (Å²) >= 11 is 6.21. The number of hydrogen-bond acceptors (Lipinski definition) is 5. The van der Waals surface area contributed by atoms with E-state index >= 15 is 0 Å². The molecule has 0 unspecified atom stereocenters. The Morgan fingerprint density at radius 3 is 2.48 bits per heavy atom. The summed E-state index contributed by atoms with van der Waals surface area (Å²) in [6.07, 6.45) is -2.24. The van der Waals surface area contributed by atoms with E-state index in [2.05, 4.69) is 19.6 Å². The summed E-state index contributed by atoms with van der Waals surface area (Å²) in [5, 5.41) is 4.75. The van der Waals surface area contributed by atoms with Crippen LogP contribution in [0.5, 0.6) is 5.75 Å². The van der Waals surface area contributed by atoms with E-state index in [1.807, 2.05) is 0 Å². The number of ether oxygens (including phenoxy) is 2. The normalized spacial score (nSPS) is 11.3. The highest BCUT2D eigenvalue weighted by Gasteiger charge is 2.31. The third-order valence-corrected chi connectivity index (χ3v) is 4.32. The molecule has 0 fully saturated rings. The number of alkyl halides is 3. The maximum absolute atomic E-state index is 12.2. The Hall–Kier alpha value is -3.07. The molecule has 3 rings (SSSR count). The van der Waals surface area contributed by atoms with E-state index in [0.29, 0.717) is 34.9 Å². The number of esters is 1. The van der Waals surface area contributed by atoms with Crippen LogP contribution in [0.4, 0.5) is 13.2 Å². The molecule has 0 atom stereocenters. The Morgan fingerprint density at radius 1 is 1.14 bits per heavy atom. The summed E-state index contributed by atoms with van der Waals surface area (Å²) in [5.41, 5.74) is 1.73. The van der Waals surface area contributed by atoms with E-state index in [9.17, 15) is 18.0 Å². The van der Waals surface area contributed by atoms with Gasteiger partial charge in [-0.15, -0.1) is 13.2 Å². The number of carbonyl (C=O) groups excluding carboxylic acids is 1. The highest BCUT2D eigenvalue weighted by Crippen LogP contribution is 2.24. The van der Waals surface area contributed by atoms with Crippen LogP contribution in [0, 0.1) is 0 Å². The number of methoxy groups -OCH3 is 1. The number of carbonyl (C=O) groups is 1. The molecule has 3 aromatic rings. The van der Waals surface area contributed by atoms with Gasteiger partial charge in [0.2, 0.25) is 0 Å². The fourth-order valence-electron chi connectivity index (χ4n) is 2.58. The third kappa shape index (κ3) is 5.47. The van der Waals surface area contributed by atoms with Gasteiger partial charge in [0.1, 0.15) is 12.1 Å². The molecule has 6 nitrogen and oxygen atoms in total. The van der Waals surface area contributed by atoms with Crippen LogP contribution in [0.3, 0.4) is 0 Å². The molecule has 0 aliphatic carbocycles. The zero-order valence-electron chi connectivity index (χ0n) is 15.1.